The molecule has 12 heteroatoms. The second-order valence-electron chi connectivity index (χ2n) is 8.44. The molecule has 2 aliphatic heterocycles. The van der Waals surface area contributed by atoms with E-state index in [-0.39, 0.29) is 5.82 Å². The first kappa shape index (κ1) is 24.0. The van der Waals surface area contributed by atoms with Crippen LogP contribution in [0.4, 0.5) is 30.9 Å². The molecule has 2 aliphatic rings. The number of alkyl halides is 3. The third kappa shape index (κ3) is 5.13. The van der Waals surface area contributed by atoms with Crippen molar-refractivity contribution in [2.24, 2.45) is 0 Å². The van der Waals surface area contributed by atoms with Gasteiger partial charge in [0.05, 0.1) is 25.9 Å². The molecule has 4 heterocycles. The van der Waals surface area contributed by atoms with E-state index >= 15 is 0 Å². The third-order valence-electron chi connectivity index (χ3n) is 6.19. The predicted octanol–water partition coefficient (Wildman–Crippen LogP) is 3.12. The Bertz CT molecular complexity index is 1200. The third-order valence-corrected chi connectivity index (χ3v) is 6.19. The minimum Gasteiger partial charge on any atom is -0.497 e. The average Bonchev–Trinajstić information content (AvgIpc) is 2.93. The summed E-state index contributed by atoms with van der Waals surface area (Å²) in [5, 5.41) is 0. The molecule has 0 saturated carbocycles. The SMILES string of the molecule is COc1cccc(-c2nc(N3CCOCC3)nc(N3CCN(c4ncccc4C(F)(F)F)CC3)n2)c1. The van der Waals surface area contributed by atoms with Crippen molar-refractivity contribution in [3.8, 4) is 17.1 Å². The minimum absolute atomic E-state index is 0.0497. The number of hydrogen-bond donors (Lipinski definition) is 0. The Morgan fingerprint density at radius 3 is 2.17 bits per heavy atom. The molecule has 0 N–H and O–H groups in total. The zero-order chi connectivity index (χ0) is 25.1. The van der Waals surface area contributed by atoms with Crippen LogP contribution in [0, 0.1) is 0 Å². The lowest BCUT2D eigenvalue weighted by Gasteiger charge is -2.36. The van der Waals surface area contributed by atoms with E-state index in [1.54, 1.807) is 12.0 Å². The van der Waals surface area contributed by atoms with Gasteiger partial charge >= 0.3 is 6.18 Å². The lowest BCUT2D eigenvalue weighted by atomic mass is 10.2. The summed E-state index contributed by atoms with van der Waals surface area (Å²) >= 11 is 0. The van der Waals surface area contributed by atoms with E-state index in [1.807, 2.05) is 29.2 Å². The van der Waals surface area contributed by atoms with Crippen molar-refractivity contribution in [2.45, 2.75) is 6.18 Å². The van der Waals surface area contributed by atoms with Crippen molar-refractivity contribution in [3.63, 3.8) is 0 Å². The second kappa shape index (κ2) is 10.1. The molecule has 2 fully saturated rings. The number of morpholine rings is 1. The van der Waals surface area contributed by atoms with E-state index in [0.717, 1.165) is 11.6 Å². The van der Waals surface area contributed by atoms with Gasteiger partial charge in [-0.1, -0.05) is 12.1 Å². The Morgan fingerprint density at radius 2 is 1.50 bits per heavy atom. The fourth-order valence-electron chi connectivity index (χ4n) is 4.28. The van der Waals surface area contributed by atoms with Crippen molar-refractivity contribution in [1.29, 1.82) is 0 Å². The molecule has 0 atom stereocenters. The van der Waals surface area contributed by atoms with E-state index in [9.17, 15) is 13.2 Å². The van der Waals surface area contributed by atoms with Gasteiger partial charge in [-0.15, -0.1) is 0 Å². The van der Waals surface area contributed by atoms with E-state index in [4.69, 9.17) is 24.4 Å². The largest absolute Gasteiger partial charge is 0.497 e. The molecule has 5 rings (SSSR count). The lowest BCUT2D eigenvalue weighted by Crippen LogP contribution is -2.48. The molecule has 1 aromatic carbocycles. The van der Waals surface area contributed by atoms with Gasteiger partial charge in [0.25, 0.3) is 0 Å². The number of methoxy groups -OCH3 is 1. The minimum atomic E-state index is -4.46. The molecule has 3 aromatic rings. The van der Waals surface area contributed by atoms with Crippen LogP contribution in [0.15, 0.2) is 42.6 Å². The molecule has 2 saturated heterocycles. The van der Waals surface area contributed by atoms with E-state index in [0.29, 0.717) is 76.0 Å². The number of piperazine rings is 1. The molecule has 2 aromatic heterocycles. The molecule has 0 unspecified atom stereocenters. The highest BCUT2D eigenvalue weighted by Crippen LogP contribution is 2.35. The van der Waals surface area contributed by atoms with E-state index in [1.165, 1.54) is 12.3 Å². The van der Waals surface area contributed by atoms with Gasteiger partial charge in [0.1, 0.15) is 11.6 Å². The first-order chi connectivity index (χ1) is 17.4. The van der Waals surface area contributed by atoms with Crippen molar-refractivity contribution in [2.75, 3.05) is 74.3 Å². The number of benzene rings is 1. The summed E-state index contributed by atoms with van der Waals surface area (Å²) in [7, 11) is 1.60. The molecule has 0 spiro atoms. The van der Waals surface area contributed by atoms with Gasteiger partial charge in [0.2, 0.25) is 11.9 Å². The number of ether oxygens (including phenoxy) is 2. The van der Waals surface area contributed by atoms with Crippen molar-refractivity contribution in [1.82, 2.24) is 19.9 Å². The molecular formula is C24H26F3N7O2. The monoisotopic (exact) mass is 501 g/mol. The number of nitrogens with zero attached hydrogens (tertiary/aromatic N) is 7. The molecule has 0 radical (unpaired) electrons. The fraction of sp³-hybridized carbons (Fsp3) is 0.417. The molecule has 9 nitrogen and oxygen atoms in total. The Kier molecular flexibility index (Phi) is 6.77. The number of aromatic nitrogens is 4. The van der Waals surface area contributed by atoms with Crippen LogP contribution in [0.3, 0.4) is 0 Å². The summed E-state index contributed by atoms with van der Waals surface area (Å²) in [6.45, 7) is 4.08. The van der Waals surface area contributed by atoms with Gasteiger partial charge in [-0.05, 0) is 24.3 Å². The van der Waals surface area contributed by atoms with Crippen LogP contribution in [0.1, 0.15) is 5.56 Å². The molecule has 36 heavy (non-hydrogen) atoms. The average molecular weight is 502 g/mol. The van der Waals surface area contributed by atoms with Crippen LogP contribution in [0.5, 0.6) is 5.75 Å². The van der Waals surface area contributed by atoms with Gasteiger partial charge in [-0.25, -0.2) is 4.98 Å². The summed E-state index contributed by atoms with van der Waals surface area (Å²) in [4.78, 5) is 23.9. The summed E-state index contributed by atoms with van der Waals surface area (Å²) in [6, 6.07) is 9.86. The highest BCUT2D eigenvalue weighted by Gasteiger charge is 2.36. The maximum Gasteiger partial charge on any atom is 0.419 e. The molecule has 0 amide bonds. The van der Waals surface area contributed by atoms with Gasteiger partial charge in [-0.3, -0.25) is 0 Å². The maximum atomic E-state index is 13.5. The Labute approximate surface area is 206 Å². The molecule has 0 aliphatic carbocycles. The summed E-state index contributed by atoms with van der Waals surface area (Å²) in [5.41, 5.74) is 0.0583. The van der Waals surface area contributed by atoms with Gasteiger partial charge in [0, 0.05) is 51.0 Å². The van der Waals surface area contributed by atoms with E-state index in [2.05, 4.69) is 9.88 Å². The Balaban J connectivity index is 1.42. The zero-order valence-electron chi connectivity index (χ0n) is 19.8. The molecular weight excluding hydrogens is 475 g/mol. The number of pyridine rings is 1. The second-order valence-corrected chi connectivity index (χ2v) is 8.44. The van der Waals surface area contributed by atoms with Crippen LogP contribution in [0.2, 0.25) is 0 Å². The summed E-state index contributed by atoms with van der Waals surface area (Å²) < 4.78 is 51.3. The molecule has 0 bridgehead atoms. The summed E-state index contributed by atoms with van der Waals surface area (Å²) in [5.74, 6) is 2.18. The Hall–Kier alpha value is -3.67. The topological polar surface area (TPSA) is 79.7 Å². The maximum absolute atomic E-state index is 13.5. The smallest absolute Gasteiger partial charge is 0.419 e. The highest BCUT2D eigenvalue weighted by molar-refractivity contribution is 5.61. The van der Waals surface area contributed by atoms with Crippen molar-refractivity contribution in [3.05, 3.63) is 48.2 Å². The number of anilines is 3. The normalized spacial score (nSPS) is 16.8. The van der Waals surface area contributed by atoms with Crippen LogP contribution >= 0.6 is 0 Å². The van der Waals surface area contributed by atoms with Crippen molar-refractivity contribution < 1.29 is 22.6 Å². The molecule has 190 valence electrons. The van der Waals surface area contributed by atoms with Gasteiger partial charge < -0.3 is 24.2 Å². The number of hydrogen-bond acceptors (Lipinski definition) is 9. The fourth-order valence-corrected chi connectivity index (χ4v) is 4.28. The van der Waals surface area contributed by atoms with Crippen molar-refractivity contribution >= 4 is 17.7 Å². The standard InChI is InChI=1S/C24H26F3N7O2/c1-35-18-5-2-4-17(16-18)20-29-22(31-23(30-20)34-12-14-36-15-13-34)33-10-8-32(9-11-33)21-19(24(25,26)27)6-3-7-28-21/h2-7,16H,8-15H2,1H3. The highest BCUT2D eigenvalue weighted by atomic mass is 19.4. The van der Waals surface area contributed by atoms with E-state index < -0.39 is 11.7 Å². The summed E-state index contributed by atoms with van der Waals surface area (Å²) in [6.07, 6.45) is -3.08. The first-order valence-corrected chi connectivity index (χ1v) is 11.7. The number of halogens is 3. The van der Waals surface area contributed by atoms with Crippen LogP contribution in [-0.2, 0) is 10.9 Å². The van der Waals surface area contributed by atoms with Crippen LogP contribution < -0.4 is 19.4 Å². The lowest BCUT2D eigenvalue weighted by molar-refractivity contribution is -0.137. The Morgan fingerprint density at radius 1 is 0.833 bits per heavy atom. The number of rotatable bonds is 5. The van der Waals surface area contributed by atoms with Crippen LogP contribution in [0.25, 0.3) is 11.4 Å². The van der Waals surface area contributed by atoms with Gasteiger partial charge in [0.15, 0.2) is 5.82 Å². The first-order valence-electron chi connectivity index (χ1n) is 11.7. The van der Waals surface area contributed by atoms with Gasteiger partial charge in [-0.2, -0.15) is 28.1 Å². The predicted molar refractivity (Wildman–Crippen MR) is 129 cm³/mol. The van der Waals surface area contributed by atoms with Crippen LogP contribution in [-0.4, -0.2) is 79.5 Å². The zero-order valence-corrected chi connectivity index (χ0v) is 19.8. The quantitative estimate of drug-likeness (QED) is 0.524.